The molecule has 1 atom stereocenters. The van der Waals surface area contributed by atoms with Crippen LogP contribution in [0.5, 0.6) is 0 Å². The van der Waals surface area contributed by atoms with E-state index in [-0.39, 0.29) is 10.9 Å². The Labute approximate surface area is 143 Å². The van der Waals surface area contributed by atoms with E-state index in [2.05, 4.69) is 9.82 Å². The van der Waals surface area contributed by atoms with Gasteiger partial charge in [-0.2, -0.15) is 10.4 Å². The van der Waals surface area contributed by atoms with Gasteiger partial charge in [0, 0.05) is 18.8 Å². The molecule has 0 aliphatic heterocycles. The molecule has 6 nitrogen and oxygen atoms in total. The Bertz CT molecular complexity index is 907. The lowest BCUT2D eigenvalue weighted by atomic mass is 10.1. The van der Waals surface area contributed by atoms with Gasteiger partial charge in [-0.25, -0.2) is 13.1 Å². The second-order valence-electron chi connectivity index (χ2n) is 6.09. The van der Waals surface area contributed by atoms with Crippen LogP contribution >= 0.6 is 0 Å². The molecule has 0 amide bonds. The summed E-state index contributed by atoms with van der Waals surface area (Å²) in [5.41, 5.74) is 3.93. The van der Waals surface area contributed by atoms with Crippen LogP contribution in [0.25, 0.3) is 0 Å². The molecule has 7 heteroatoms. The number of sulfonamides is 1. The Balaban J connectivity index is 2.25. The first-order valence-electron chi connectivity index (χ1n) is 7.68. The van der Waals surface area contributed by atoms with E-state index < -0.39 is 10.0 Å². The Hall–Kier alpha value is -2.17. The van der Waals surface area contributed by atoms with Gasteiger partial charge in [0.05, 0.1) is 22.2 Å². The first-order chi connectivity index (χ1) is 11.2. The smallest absolute Gasteiger partial charge is 0.241 e. The lowest BCUT2D eigenvalue weighted by Crippen LogP contribution is -2.34. The van der Waals surface area contributed by atoms with Gasteiger partial charge in [-0.05, 0) is 57.4 Å². The summed E-state index contributed by atoms with van der Waals surface area (Å²) >= 11 is 0. The normalized spacial score (nSPS) is 12.8. The zero-order valence-corrected chi connectivity index (χ0v) is 15.4. The van der Waals surface area contributed by atoms with Crippen LogP contribution in [0.15, 0.2) is 23.1 Å². The fourth-order valence-corrected chi connectivity index (χ4v) is 4.26. The minimum absolute atomic E-state index is 0.146. The first kappa shape index (κ1) is 18.2. The zero-order valence-electron chi connectivity index (χ0n) is 14.6. The van der Waals surface area contributed by atoms with Crippen molar-refractivity contribution < 1.29 is 8.42 Å². The Morgan fingerprint density at radius 1 is 1.33 bits per heavy atom. The molecule has 0 fully saturated rings. The van der Waals surface area contributed by atoms with Gasteiger partial charge >= 0.3 is 0 Å². The van der Waals surface area contributed by atoms with Crippen LogP contribution < -0.4 is 4.72 Å². The lowest BCUT2D eigenvalue weighted by molar-refractivity contribution is 0.558. The highest BCUT2D eigenvalue weighted by molar-refractivity contribution is 7.89. The minimum Gasteiger partial charge on any atom is -0.272 e. The van der Waals surface area contributed by atoms with Gasteiger partial charge in [0.15, 0.2) is 0 Å². The van der Waals surface area contributed by atoms with Crippen molar-refractivity contribution in [2.24, 2.45) is 7.05 Å². The van der Waals surface area contributed by atoms with Crippen molar-refractivity contribution in [2.75, 3.05) is 0 Å². The summed E-state index contributed by atoms with van der Waals surface area (Å²) in [5.74, 6) is 0. The maximum atomic E-state index is 12.7. The molecule has 0 aliphatic rings. The zero-order chi connectivity index (χ0) is 18.1. The number of hydrogen-bond acceptors (Lipinski definition) is 4. The third-order valence-electron chi connectivity index (χ3n) is 4.13. The summed E-state index contributed by atoms with van der Waals surface area (Å²) in [6, 6.07) is 6.35. The van der Waals surface area contributed by atoms with E-state index in [1.54, 1.807) is 23.7 Å². The highest BCUT2D eigenvalue weighted by Gasteiger charge is 2.22. The standard InChI is InChI=1S/C17H22N4O2S/c1-11-6-7-15(10-18)9-17(11)24(22,23)20-12(2)8-16-13(3)19-21(5)14(16)4/h6-7,9,12,20H,8H2,1-5H3/t12-/m1/s1. The predicted molar refractivity (Wildman–Crippen MR) is 92.1 cm³/mol. The molecule has 0 spiro atoms. The third kappa shape index (κ3) is 3.66. The highest BCUT2D eigenvalue weighted by Crippen LogP contribution is 2.19. The number of benzene rings is 1. The Morgan fingerprint density at radius 2 is 2.00 bits per heavy atom. The van der Waals surface area contributed by atoms with E-state index >= 15 is 0 Å². The summed E-state index contributed by atoms with van der Waals surface area (Å²) in [6.45, 7) is 7.43. The summed E-state index contributed by atoms with van der Waals surface area (Å²) in [5, 5.41) is 13.3. The average Bonchev–Trinajstić information content (AvgIpc) is 2.73. The molecule has 0 radical (unpaired) electrons. The molecule has 1 heterocycles. The molecule has 0 saturated heterocycles. The van der Waals surface area contributed by atoms with Crippen molar-refractivity contribution in [3.05, 3.63) is 46.3 Å². The molecule has 0 saturated carbocycles. The van der Waals surface area contributed by atoms with E-state index in [0.29, 0.717) is 17.5 Å². The molecule has 0 bridgehead atoms. The second kappa shape index (κ2) is 6.75. The van der Waals surface area contributed by atoms with E-state index in [4.69, 9.17) is 5.26 Å². The predicted octanol–water partition coefficient (Wildman–Crippen LogP) is 2.13. The van der Waals surface area contributed by atoms with Crippen LogP contribution in [0.4, 0.5) is 0 Å². The van der Waals surface area contributed by atoms with E-state index in [9.17, 15) is 8.42 Å². The number of nitrogens with one attached hydrogen (secondary N) is 1. The van der Waals surface area contributed by atoms with Crippen molar-refractivity contribution in [1.82, 2.24) is 14.5 Å². The average molecular weight is 346 g/mol. The number of nitriles is 1. The SMILES string of the molecule is Cc1ccc(C#N)cc1S(=O)(=O)N[C@H](C)Cc1c(C)nn(C)c1C. The molecular formula is C17H22N4O2S. The molecule has 1 N–H and O–H groups in total. The van der Waals surface area contributed by atoms with Crippen molar-refractivity contribution in [2.45, 2.75) is 45.1 Å². The Kier molecular flexibility index (Phi) is 5.11. The van der Waals surface area contributed by atoms with Crippen LogP contribution in [-0.4, -0.2) is 24.2 Å². The van der Waals surface area contributed by atoms with Crippen LogP contribution in [0, 0.1) is 32.1 Å². The van der Waals surface area contributed by atoms with Crippen molar-refractivity contribution >= 4 is 10.0 Å². The molecule has 0 unspecified atom stereocenters. The summed E-state index contributed by atoms with van der Waals surface area (Å²) in [6.07, 6.45) is 0.557. The molecule has 1 aromatic heterocycles. The molecule has 2 rings (SSSR count). The monoisotopic (exact) mass is 346 g/mol. The number of aromatic nitrogens is 2. The van der Waals surface area contributed by atoms with E-state index in [1.807, 2.05) is 33.9 Å². The van der Waals surface area contributed by atoms with Crippen LogP contribution in [-0.2, 0) is 23.5 Å². The number of nitrogens with zero attached hydrogens (tertiary/aromatic N) is 3. The van der Waals surface area contributed by atoms with Gasteiger partial charge in [-0.15, -0.1) is 0 Å². The van der Waals surface area contributed by atoms with Crippen molar-refractivity contribution in [3.8, 4) is 6.07 Å². The fourth-order valence-electron chi connectivity index (χ4n) is 2.75. The van der Waals surface area contributed by atoms with Crippen molar-refractivity contribution in [3.63, 3.8) is 0 Å². The van der Waals surface area contributed by atoms with E-state index in [0.717, 1.165) is 17.0 Å². The largest absolute Gasteiger partial charge is 0.272 e. The summed E-state index contributed by atoms with van der Waals surface area (Å²) in [7, 11) is -1.82. The van der Waals surface area contributed by atoms with Crippen LogP contribution in [0.3, 0.4) is 0 Å². The lowest BCUT2D eigenvalue weighted by Gasteiger charge is -2.16. The summed E-state index contributed by atoms with van der Waals surface area (Å²) in [4.78, 5) is 0.146. The van der Waals surface area contributed by atoms with Crippen molar-refractivity contribution in [1.29, 1.82) is 5.26 Å². The summed E-state index contributed by atoms with van der Waals surface area (Å²) < 4.78 is 29.8. The topological polar surface area (TPSA) is 87.8 Å². The Morgan fingerprint density at radius 3 is 2.54 bits per heavy atom. The van der Waals surface area contributed by atoms with Gasteiger partial charge < -0.3 is 0 Å². The maximum absolute atomic E-state index is 12.7. The quantitative estimate of drug-likeness (QED) is 0.898. The van der Waals surface area contributed by atoms with Gasteiger partial charge in [-0.1, -0.05) is 6.07 Å². The molecule has 128 valence electrons. The second-order valence-corrected chi connectivity index (χ2v) is 7.77. The molecule has 2 aromatic rings. The maximum Gasteiger partial charge on any atom is 0.241 e. The van der Waals surface area contributed by atoms with Gasteiger partial charge in [-0.3, -0.25) is 4.68 Å². The third-order valence-corrected chi connectivity index (χ3v) is 5.86. The molecule has 24 heavy (non-hydrogen) atoms. The minimum atomic E-state index is -3.69. The molecular weight excluding hydrogens is 324 g/mol. The van der Waals surface area contributed by atoms with Crippen LogP contribution in [0.1, 0.15) is 35.0 Å². The molecule has 0 aliphatic carbocycles. The number of hydrogen-bond donors (Lipinski definition) is 1. The van der Waals surface area contributed by atoms with E-state index in [1.165, 1.54) is 6.07 Å². The number of aryl methyl sites for hydroxylation is 3. The number of rotatable bonds is 5. The fraction of sp³-hybridized carbons (Fsp3) is 0.412. The molecule has 1 aromatic carbocycles. The van der Waals surface area contributed by atoms with Gasteiger partial charge in [0.25, 0.3) is 0 Å². The van der Waals surface area contributed by atoms with Gasteiger partial charge in [0.1, 0.15) is 0 Å². The highest BCUT2D eigenvalue weighted by atomic mass is 32.2. The first-order valence-corrected chi connectivity index (χ1v) is 9.16. The van der Waals surface area contributed by atoms with Crippen LogP contribution in [0.2, 0.25) is 0 Å². The van der Waals surface area contributed by atoms with Gasteiger partial charge in [0.2, 0.25) is 10.0 Å².